The lowest BCUT2D eigenvalue weighted by atomic mass is 10.0. The molecule has 0 bridgehead atoms. The van der Waals surface area contributed by atoms with Gasteiger partial charge < -0.3 is 0 Å². The van der Waals surface area contributed by atoms with Gasteiger partial charge in [-0.1, -0.05) is 48.2 Å². The summed E-state index contributed by atoms with van der Waals surface area (Å²) < 4.78 is 53.8. The van der Waals surface area contributed by atoms with Gasteiger partial charge in [-0.05, 0) is 23.1 Å². The van der Waals surface area contributed by atoms with E-state index in [2.05, 4.69) is 0 Å². The third-order valence-corrected chi connectivity index (χ3v) is 3.50. The summed E-state index contributed by atoms with van der Waals surface area (Å²) in [5, 5.41) is -2.86. The molecule has 0 aromatic heterocycles. The van der Waals surface area contributed by atoms with Crippen LogP contribution in [0.3, 0.4) is 0 Å². The summed E-state index contributed by atoms with van der Waals surface area (Å²) in [4.78, 5) is 0. The van der Waals surface area contributed by atoms with Crippen molar-refractivity contribution in [2.24, 2.45) is 0 Å². The second-order valence-corrected chi connectivity index (χ2v) is 4.78. The molecular formula is C13H10F4S. The van der Waals surface area contributed by atoms with E-state index in [1.165, 1.54) is 6.07 Å². The number of rotatable bonds is 3. The van der Waals surface area contributed by atoms with Crippen molar-refractivity contribution in [3.63, 3.8) is 0 Å². The highest BCUT2D eigenvalue weighted by Gasteiger charge is 2.57. The third-order valence-electron chi connectivity index (χ3n) is 2.73. The molecule has 2 rings (SSSR count). The van der Waals surface area contributed by atoms with E-state index in [9.17, 15) is 17.6 Å². The van der Waals surface area contributed by atoms with Gasteiger partial charge in [0, 0.05) is 5.56 Å². The molecule has 0 atom stereocenters. The van der Waals surface area contributed by atoms with E-state index in [4.69, 9.17) is 0 Å². The Morgan fingerprint density at radius 3 is 2.11 bits per heavy atom. The fourth-order valence-electron chi connectivity index (χ4n) is 1.68. The molecule has 0 radical (unpaired) electrons. The van der Waals surface area contributed by atoms with Gasteiger partial charge in [-0.2, -0.15) is 17.6 Å². The average molecular weight is 274 g/mol. The molecule has 5 heteroatoms. The van der Waals surface area contributed by atoms with Crippen LogP contribution in [0.2, 0.25) is 0 Å². The van der Waals surface area contributed by atoms with E-state index < -0.39 is 16.7 Å². The van der Waals surface area contributed by atoms with Crippen LogP contribution in [-0.4, -0.2) is 11.5 Å². The molecule has 0 aliphatic rings. The first-order chi connectivity index (χ1) is 8.38. The molecule has 0 unspecified atom stereocenters. The van der Waals surface area contributed by atoms with E-state index in [1.54, 1.807) is 24.3 Å². The summed E-state index contributed by atoms with van der Waals surface area (Å²) >= 11 is -0.149. The van der Waals surface area contributed by atoms with Gasteiger partial charge in [0.1, 0.15) is 0 Å². The van der Waals surface area contributed by atoms with Gasteiger partial charge in [-0.3, -0.25) is 0 Å². The minimum absolute atomic E-state index is 0.149. The SMILES string of the molecule is CSC(F)(F)C(F)(F)c1ccc2ccccc2c1. The zero-order valence-electron chi connectivity index (χ0n) is 9.46. The molecule has 0 aliphatic carbocycles. The normalized spacial score (nSPS) is 12.9. The summed E-state index contributed by atoms with van der Waals surface area (Å²) in [5.41, 5.74) is -0.666. The van der Waals surface area contributed by atoms with Crippen LogP contribution in [0.1, 0.15) is 5.56 Å². The smallest absolute Gasteiger partial charge is 0.193 e. The zero-order chi connectivity index (χ0) is 13.4. The van der Waals surface area contributed by atoms with Crippen LogP contribution >= 0.6 is 11.8 Å². The fourth-order valence-corrected chi connectivity index (χ4v) is 2.06. The van der Waals surface area contributed by atoms with Gasteiger partial charge in [-0.25, -0.2) is 0 Å². The second kappa shape index (κ2) is 4.46. The molecule has 96 valence electrons. The first kappa shape index (κ1) is 13.2. The molecule has 0 aliphatic heterocycles. The van der Waals surface area contributed by atoms with E-state index in [0.717, 1.165) is 23.8 Å². The van der Waals surface area contributed by atoms with Crippen molar-refractivity contribution >= 4 is 22.5 Å². The number of halogens is 4. The average Bonchev–Trinajstić information content (AvgIpc) is 2.37. The third kappa shape index (κ3) is 2.07. The van der Waals surface area contributed by atoms with Crippen molar-refractivity contribution in [1.29, 1.82) is 0 Å². The van der Waals surface area contributed by atoms with E-state index in [0.29, 0.717) is 5.39 Å². The van der Waals surface area contributed by atoms with Gasteiger partial charge in [-0.15, -0.1) is 0 Å². The summed E-state index contributed by atoms with van der Waals surface area (Å²) in [6.45, 7) is 0. The molecular weight excluding hydrogens is 264 g/mol. The van der Waals surface area contributed by atoms with Crippen LogP contribution < -0.4 is 0 Å². The predicted molar refractivity (Wildman–Crippen MR) is 66.3 cm³/mol. The molecule has 0 amide bonds. The van der Waals surface area contributed by atoms with Crippen molar-refractivity contribution in [3.8, 4) is 0 Å². The van der Waals surface area contributed by atoms with Gasteiger partial charge in [0.25, 0.3) is 0 Å². The van der Waals surface area contributed by atoms with Crippen molar-refractivity contribution in [3.05, 3.63) is 48.0 Å². The van der Waals surface area contributed by atoms with Crippen molar-refractivity contribution in [2.75, 3.05) is 6.26 Å². The Morgan fingerprint density at radius 1 is 0.889 bits per heavy atom. The number of thioether (sulfide) groups is 1. The number of benzene rings is 2. The van der Waals surface area contributed by atoms with Crippen LogP contribution in [-0.2, 0) is 5.92 Å². The van der Waals surface area contributed by atoms with E-state index >= 15 is 0 Å². The van der Waals surface area contributed by atoms with Gasteiger partial charge in [0.15, 0.2) is 0 Å². The lowest BCUT2D eigenvalue weighted by Gasteiger charge is -2.25. The van der Waals surface area contributed by atoms with Crippen LogP contribution in [0, 0.1) is 0 Å². The maximum atomic E-state index is 13.7. The molecule has 18 heavy (non-hydrogen) atoms. The monoisotopic (exact) mass is 274 g/mol. The van der Waals surface area contributed by atoms with E-state index in [1.807, 2.05) is 0 Å². The number of hydrogen-bond acceptors (Lipinski definition) is 1. The first-order valence-corrected chi connectivity index (χ1v) is 6.41. The second-order valence-electron chi connectivity index (χ2n) is 3.86. The van der Waals surface area contributed by atoms with Crippen molar-refractivity contribution in [1.82, 2.24) is 0 Å². The van der Waals surface area contributed by atoms with Gasteiger partial charge in [0.2, 0.25) is 0 Å². The lowest BCUT2D eigenvalue weighted by Crippen LogP contribution is -2.34. The molecule has 2 aromatic rings. The van der Waals surface area contributed by atoms with Crippen LogP contribution in [0.4, 0.5) is 17.6 Å². The van der Waals surface area contributed by atoms with Crippen molar-refractivity contribution in [2.45, 2.75) is 11.2 Å². The maximum Gasteiger partial charge on any atom is 0.360 e. The summed E-state index contributed by atoms with van der Waals surface area (Å²) in [6.07, 6.45) is 0.967. The molecule has 0 spiro atoms. The van der Waals surface area contributed by atoms with Crippen molar-refractivity contribution < 1.29 is 17.6 Å². The maximum absolute atomic E-state index is 13.7. The predicted octanol–water partition coefficient (Wildman–Crippen LogP) is 4.89. The lowest BCUT2D eigenvalue weighted by molar-refractivity contribution is -0.158. The molecule has 0 fully saturated rings. The minimum Gasteiger partial charge on any atom is -0.193 e. The summed E-state index contributed by atoms with van der Waals surface area (Å²) in [5.74, 6) is -4.18. The molecule has 0 saturated heterocycles. The van der Waals surface area contributed by atoms with E-state index in [-0.39, 0.29) is 11.8 Å². The quantitative estimate of drug-likeness (QED) is 0.718. The number of hydrogen-bond donors (Lipinski definition) is 0. The highest BCUT2D eigenvalue weighted by Crippen LogP contribution is 2.48. The Hall–Kier alpha value is -1.23. The largest absolute Gasteiger partial charge is 0.360 e. The fraction of sp³-hybridized carbons (Fsp3) is 0.231. The van der Waals surface area contributed by atoms with Gasteiger partial charge >= 0.3 is 11.2 Å². The Morgan fingerprint density at radius 2 is 1.50 bits per heavy atom. The number of fused-ring (bicyclic) bond motifs is 1. The standard InChI is InChI=1S/C13H10F4S/c1-18-13(16,17)12(14,15)11-7-6-9-4-2-3-5-10(9)8-11/h2-8H,1H3. The van der Waals surface area contributed by atoms with Crippen LogP contribution in [0.25, 0.3) is 10.8 Å². The Balaban J connectivity index is 2.54. The van der Waals surface area contributed by atoms with Crippen LogP contribution in [0.15, 0.2) is 42.5 Å². The minimum atomic E-state index is -4.18. The molecule has 0 N–H and O–H groups in total. The van der Waals surface area contributed by atoms with Gasteiger partial charge in [0.05, 0.1) is 0 Å². The molecule has 0 heterocycles. The number of alkyl halides is 4. The zero-order valence-corrected chi connectivity index (χ0v) is 10.3. The highest BCUT2D eigenvalue weighted by atomic mass is 32.2. The van der Waals surface area contributed by atoms with Crippen LogP contribution in [0.5, 0.6) is 0 Å². The molecule has 0 saturated carbocycles. The Labute approximate surface area is 106 Å². The summed E-state index contributed by atoms with van der Waals surface area (Å²) in [6, 6.07) is 10.4. The molecule has 2 aromatic carbocycles. The molecule has 0 nitrogen and oxygen atoms in total. The Bertz CT molecular complexity index is 566. The highest BCUT2D eigenvalue weighted by molar-refractivity contribution is 7.99. The Kier molecular flexibility index (Phi) is 3.27. The first-order valence-electron chi connectivity index (χ1n) is 5.18. The summed E-state index contributed by atoms with van der Waals surface area (Å²) in [7, 11) is 0. The topological polar surface area (TPSA) is 0 Å².